The molecule has 356 valence electrons. The standard InChI is InChI=1S/C73H50N2Si/c1-6-23-53(24-7-1)73(54-25-8-2-9-26-54)65-36-19-16-33-60(65)63-49-51(41-47-66(63)73)52-42-48-69-64(50-52)61-34-17-20-37-67(61)75(69)71-40-22-39-70-72(71)62-35-18-21-38-68(62)74(70)55-43-45-59(46-44-55)76(56-27-10-3-11-28-56,57-29-12-4-13-30-57)58-31-14-5-15-32-58/h1-50H. The molecule has 0 aliphatic heterocycles. The van der Waals surface area contributed by atoms with E-state index in [-0.39, 0.29) is 0 Å². The van der Waals surface area contributed by atoms with Crippen molar-refractivity contribution >= 4 is 72.4 Å². The number of hydrogen-bond donors (Lipinski definition) is 0. The summed E-state index contributed by atoms with van der Waals surface area (Å²) < 4.78 is 4.97. The minimum absolute atomic E-state index is 0.432. The summed E-state index contributed by atoms with van der Waals surface area (Å²) in [6.07, 6.45) is 0. The summed E-state index contributed by atoms with van der Waals surface area (Å²) >= 11 is 0. The molecule has 12 aromatic carbocycles. The normalized spacial score (nSPS) is 12.8. The van der Waals surface area contributed by atoms with Gasteiger partial charge in [-0.25, -0.2) is 0 Å². The highest BCUT2D eigenvalue weighted by Crippen LogP contribution is 2.56. The van der Waals surface area contributed by atoms with Crippen molar-refractivity contribution in [3.05, 3.63) is 326 Å². The Morgan fingerprint density at radius 2 is 0.737 bits per heavy atom. The molecule has 1 aliphatic carbocycles. The van der Waals surface area contributed by atoms with Crippen LogP contribution < -0.4 is 20.7 Å². The van der Waals surface area contributed by atoms with Crippen LogP contribution >= 0.6 is 0 Å². The van der Waals surface area contributed by atoms with Crippen molar-refractivity contribution in [2.24, 2.45) is 0 Å². The van der Waals surface area contributed by atoms with Crippen LogP contribution in [0, 0.1) is 0 Å². The molecule has 2 aromatic heterocycles. The van der Waals surface area contributed by atoms with Gasteiger partial charge in [0.05, 0.1) is 33.2 Å². The highest BCUT2D eigenvalue weighted by Gasteiger charge is 2.46. The van der Waals surface area contributed by atoms with Crippen LogP contribution in [-0.4, -0.2) is 17.2 Å². The third-order valence-electron chi connectivity index (χ3n) is 16.6. The molecule has 0 N–H and O–H groups in total. The number of hydrogen-bond acceptors (Lipinski definition) is 0. The van der Waals surface area contributed by atoms with Crippen molar-refractivity contribution in [3.63, 3.8) is 0 Å². The Balaban J connectivity index is 0.884. The zero-order valence-electron chi connectivity index (χ0n) is 41.8. The quantitative estimate of drug-likeness (QED) is 0.101. The minimum Gasteiger partial charge on any atom is -0.309 e. The molecule has 0 bridgehead atoms. The van der Waals surface area contributed by atoms with Crippen LogP contribution in [0.15, 0.2) is 303 Å². The summed E-state index contributed by atoms with van der Waals surface area (Å²) in [5.41, 5.74) is 16.8. The largest absolute Gasteiger partial charge is 0.309 e. The molecule has 0 spiro atoms. The Kier molecular flexibility index (Phi) is 10.2. The number of benzene rings is 12. The lowest BCUT2D eigenvalue weighted by Gasteiger charge is -2.34. The summed E-state index contributed by atoms with van der Waals surface area (Å²) in [5, 5.41) is 10.4. The van der Waals surface area contributed by atoms with E-state index in [1.54, 1.807) is 0 Å². The van der Waals surface area contributed by atoms with Gasteiger partial charge in [-0.3, -0.25) is 0 Å². The molecular weight excluding hydrogens is 933 g/mol. The monoisotopic (exact) mass is 982 g/mol. The van der Waals surface area contributed by atoms with E-state index in [1.807, 2.05) is 0 Å². The first-order chi connectivity index (χ1) is 37.7. The van der Waals surface area contributed by atoms with Crippen LogP contribution in [0.1, 0.15) is 22.3 Å². The van der Waals surface area contributed by atoms with Gasteiger partial charge < -0.3 is 9.13 Å². The number of rotatable bonds is 9. The lowest BCUT2D eigenvalue weighted by molar-refractivity contribution is 0.768. The van der Waals surface area contributed by atoms with Gasteiger partial charge in [0.25, 0.3) is 0 Å². The van der Waals surface area contributed by atoms with Crippen molar-refractivity contribution in [1.29, 1.82) is 0 Å². The van der Waals surface area contributed by atoms with Gasteiger partial charge in [0.1, 0.15) is 0 Å². The molecule has 3 heteroatoms. The number of aromatic nitrogens is 2. The van der Waals surface area contributed by atoms with Crippen LogP contribution in [0.5, 0.6) is 0 Å². The smallest absolute Gasteiger partial charge is 0.179 e. The second-order valence-corrected chi connectivity index (χ2v) is 24.1. The van der Waals surface area contributed by atoms with E-state index in [2.05, 4.69) is 312 Å². The fourth-order valence-corrected chi connectivity index (χ4v) is 18.2. The lowest BCUT2D eigenvalue weighted by atomic mass is 9.67. The second-order valence-electron chi connectivity index (χ2n) is 20.3. The van der Waals surface area contributed by atoms with Gasteiger partial charge in [0.2, 0.25) is 0 Å². The Labute approximate surface area is 443 Å². The Bertz CT molecular complexity index is 4350. The molecule has 0 fully saturated rings. The first-order valence-corrected chi connectivity index (χ1v) is 28.4. The van der Waals surface area contributed by atoms with Crippen LogP contribution in [0.4, 0.5) is 0 Å². The molecule has 0 saturated carbocycles. The minimum atomic E-state index is -2.70. The van der Waals surface area contributed by atoms with Gasteiger partial charge in [-0.1, -0.05) is 249 Å². The van der Waals surface area contributed by atoms with Crippen LogP contribution in [-0.2, 0) is 5.41 Å². The molecule has 14 aromatic rings. The van der Waals surface area contributed by atoms with Crippen molar-refractivity contribution in [2.45, 2.75) is 5.41 Å². The molecule has 15 rings (SSSR count). The summed E-state index contributed by atoms with van der Waals surface area (Å²) in [6.45, 7) is 0. The zero-order chi connectivity index (χ0) is 50.2. The molecular formula is C73H50N2Si. The molecule has 0 atom stereocenters. The maximum absolute atomic E-state index is 2.70. The fraction of sp³-hybridized carbons (Fsp3) is 0.0137. The molecule has 0 saturated heterocycles. The lowest BCUT2D eigenvalue weighted by Crippen LogP contribution is -2.74. The van der Waals surface area contributed by atoms with Crippen LogP contribution in [0.25, 0.3) is 77.2 Å². The van der Waals surface area contributed by atoms with Crippen molar-refractivity contribution in [1.82, 2.24) is 9.13 Å². The van der Waals surface area contributed by atoms with Crippen LogP contribution in [0.3, 0.4) is 0 Å². The Morgan fingerprint density at radius 3 is 1.37 bits per heavy atom. The third-order valence-corrected chi connectivity index (χ3v) is 21.4. The highest BCUT2D eigenvalue weighted by atomic mass is 28.3. The third kappa shape index (κ3) is 6.40. The van der Waals surface area contributed by atoms with E-state index in [0.717, 1.165) is 5.69 Å². The van der Waals surface area contributed by atoms with E-state index in [4.69, 9.17) is 0 Å². The van der Waals surface area contributed by atoms with Crippen molar-refractivity contribution in [2.75, 3.05) is 0 Å². The predicted molar refractivity (Wildman–Crippen MR) is 321 cm³/mol. The van der Waals surface area contributed by atoms with E-state index in [1.165, 1.54) is 115 Å². The van der Waals surface area contributed by atoms with E-state index in [0.29, 0.717) is 0 Å². The Hall–Kier alpha value is -9.54. The molecule has 0 amide bonds. The first kappa shape index (κ1) is 44.0. The molecule has 1 aliphatic rings. The topological polar surface area (TPSA) is 9.86 Å². The fourth-order valence-electron chi connectivity index (χ4n) is 13.4. The maximum atomic E-state index is 2.50. The van der Waals surface area contributed by atoms with E-state index >= 15 is 0 Å². The second kappa shape index (κ2) is 17.6. The average Bonchev–Trinajstić information content (AvgIpc) is 4.13. The number of para-hydroxylation sites is 2. The van der Waals surface area contributed by atoms with Gasteiger partial charge in [-0.15, -0.1) is 0 Å². The molecule has 2 heterocycles. The van der Waals surface area contributed by atoms with Gasteiger partial charge in [-0.05, 0) is 120 Å². The maximum Gasteiger partial charge on any atom is 0.179 e. The summed E-state index contributed by atoms with van der Waals surface area (Å²) in [6, 6.07) is 113. The SMILES string of the molecule is c1ccc(C2(c3ccccc3)c3ccccc3-c3cc(-c4ccc5c(c4)c4ccccc4n5-c4cccc5c4c4ccccc4n5-c4ccc([Si](c5ccccc5)(c5ccccc5)c5ccccc5)cc4)ccc32)cc1. The van der Waals surface area contributed by atoms with E-state index < -0.39 is 13.5 Å². The van der Waals surface area contributed by atoms with Gasteiger partial charge in [0, 0.05) is 27.2 Å². The predicted octanol–water partition coefficient (Wildman–Crippen LogP) is 15.3. The first-order valence-electron chi connectivity index (χ1n) is 26.4. The Morgan fingerprint density at radius 1 is 0.276 bits per heavy atom. The average molecular weight is 983 g/mol. The van der Waals surface area contributed by atoms with Gasteiger partial charge >= 0.3 is 0 Å². The summed E-state index contributed by atoms with van der Waals surface area (Å²) in [5.74, 6) is 0. The van der Waals surface area contributed by atoms with Crippen molar-refractivity contribution in [3.8, 4) is 33.6 Å². The van der Waals surface area contributed by atoms with Gasteiger partial charge in [-0.2, -0.15) is 0 Å². The summed E-state index contributed by atoms with van der Waals surface area (Å²) in [7, 11) is -2.70. The molecule has 76 heavy (non-hydrogen) atoms. The number of nitrogens with zero attached hydrogens (tertiary/aromatic N) is 2. The van der Waals surface area contributed by atoms with Crippen LogP contribution in [0.2, 0.25) is 0 Å². The molecule has 0 unspecified atom stereocenters. The molecule has 0 radical (unpaired) electrons. The highest BCUT2D eigenvalue weighted by molar-refractivity contribution is 7.19. The van der Waals surface area contributed by atoms with Crippen molar-refractivity contribution < 1.29 is 0 Å². The van der Waals surface area contributed by atoms with Gasteiger partial charge in [0.15, 0.2) is 8.07 Å². The zero-order valence-corrected chi connectivity index (χ0v) is 42.8. The summed E-state index contributed by atoms with van der Waals surface area (Å²) in [4.78, 5) is 0. The number of fused-ring (bicyclic) bond motifs is 9. The molecule has 2 nitrogen and oxygen atoms in total. The van der Waals surface area contributed by atoms with E-state index in [9.17, 15) is 0 Å².